The predicted molar refractivity (Wildman–Crippen MR) is 74.5 cm³/mol. The van der Waals surface area contributed by atoms with Gasteiger partial charge in [0.2, 0.25) is 5.91 Å². The van der Waals surface area contributed by atoms with Crippen LogP contribution in [0.3, 0.4) is 0 Å². The number of hydrogen-bond donors (Lipinski definition) is 1. The summed E-state index contributed by atoms with van der Waals surface area (Å²) in [5.74, 6) is 3.02. The highest BCUT2D eigenvalue weighted by Gasteiger charge is 2.50. The van der Waals surface area contributed by atoms with Gasteiger partial charge in [0, 0.05) is 19.1 Å². The van der Waals surface area contributed by atoms with Gasteiger partial charge < -0.3 is 10.6 Å². The van der Waals surface area contributed by atoms with E-state index in [4.69, 9.17) is 5.73 Å². The van der Waals surface area contributed by atoms with Crippen LogP contribution in [0.5, 0.6) is 0 Å². The summed E-state index contributed by atoms with van der Waals surface area (Å²) in [7, 11) is 0. The second kappa shape index (κ2) is 5.01. The van der Waals surface area contributed by atoms with Crippen LogP contribution in [0.2, 0.25) is 0 Å². The van der Waals surface area contributed by atoms with Gasteiger partial charge in [0.25, 0.3) is 0 Å². The van der Waals surface area contributed by atoms with Crippen LogP contribution in [-0.2, 0) is 4.79 Å². The van der Waals surface area contributed by atoms with Crippen LogP contribution < -0.4 is 5.73 Å². The molecule has 0 aromatic heterocycles. The lowest BCUT2D eigenvalue weighted by molar-refractivity contribution is -0.136. The van der Waals surface area contributed by atoms with Gasteiger partial charge >= 0.3 is 0 Å². The molecule has 1 heterocycles. The molecule has 2 bridgehead atoms. The molecule has 104 valence electrons. The number of amides is 1. The lowest BCUT2D eigenvalue weighted by Crippen LogP contribution is -2.46. The van der Waals surface area contributed by atoms with Gasteiger partial charge in [-0.25, -0.2) is 0 Å². The van der Waals surface area contributed by atoms with E-state index in [0.717, 1.165) is 13.1 Å². The van der Waals surface area contributed by atoms with Crippen LogP contribution >= 0.6 is 12.4 Å². The number of nitrogens with two attached hydrogens (primary N) is 1. The lowest BCUT2D eigenvalue weighted by atomic mass is 9.84. The van der Waals surface area contributed by atoms with Gasteiger partial charge in [0.1, 0.15) is 0 Å². The Hall–Kier alpha value is -0.280. The average molecular weight is 273 g/mol. The summed E-state index contributed by atoms with van der Waals surface area (Å²) in [6.45, 7) is 6.39. The fourth-order valence-electron chi connectivity index (χ4n) is 4.22. The van der Waals surface area contributed by atoms with Gasteiger partial charge in [0.15, 0.2) is 0 Å². The summed E-state index contributed by atoms with van der Waals surface area (Å²) in [4.78, 5) is 14.7. The summed E-state index contributed by atoms with van der Waals surface area (Å²) in [5, 5.41) is 0. The van der Waals surface area contributed by atoms with Crippen molar-refractivity contribution >= 4 is 18.3 Å². The number of hydrogen-bond acceptors (Lipinski definition) is 2. The number of rotatable bonds is 1. The predicted octanol–water partition coefficient (Wildman–Crippen LogP) is 1.90. The van der Waals surface area contributed by atoms with Crippen molar-refractivity contribution < 1.29 is 4.79 Å². The summed E-state index contributed by atoms with van der Waals surface area (Å²) >= 11 is 0. The topological polar surface area (TPSA) is 46.3 Å². The minimum atomic E-state index is 0. The van der Waals surface area contributed by atoms with E-state index in [9.17, 15) is 4.79 Å². The molecule has 0 aromatic rings. The Bertz CT molecular complexity index is 324. The fourth-order valence-corrected chi connectivity index (χ4v) is 4.22. The Morgan fingerprint density at radius 3 is 2.17 bits per heavy atom. The molecule has 1 aliphatic heterocycles. The Morgan fingerprint density at radius 2 is 1.67 bits per heavy atom. The van der Waals surface area contributed by atoms with Gasteiger partial charge in [-0.1, -0.05) is 13.8 Å². The van der Waals surface area contributed by atoms with E-state index in [2.05, 4.69) is 18.7 Å². The van der Waals surface area contributed by atoms with E-state index in [1.54, 1.807) is 0 Å². The SMILES string of the molecule is CC1CN(C(=O)C2C3CCC(C3)C2N)CC1C.Cl. The number of likely N-dealkylation sites (tertiary alicyclic amines) is 1. The highest BCUT2D eigenvalue weighted by atomic mass is 35.5. The zero-order valence-corrected chi connectivity index (χ0v) is 12.2. The maximum atomic E-state index is 12.6. The minimum absolute atomic E-state index is 0. The van der Waals surface area contributed by atoms with E-state index < -0.39 is 0 Å². The highest BCUT2D eigenvalue weighted by molar-refractivity contribution is 5.85. The third-order valence-electron chi connectivity index (χ3n) is 5.57. The molecule has 0 aromatic carbocycles. The van der Waals surface area contributed by atoms with Crippen molar-refractivity contribution in [3.05, 3.63) is 0 Å². The van der Waals surface area contributed by atoms with E-state index in [0.29, 0.717) is 29.6 Å². The first-order valence-electron chi connectivity index (χ1n) is 7.12. The molecule has 3 rings (SSSR count). The van der Waals surface area contributed by atoms with Crippen LogP contribution in [0.25, 0.3) is 0 Å². The third-order valence-corrected chi connectivity index (χ3v) is 5.57. The first kappa shape index (κ1) is 14.1. The molecule has 0 radical (unpaired) electrons. The average Bonchev–Trinajstić information content (AvgIpc) is 2.94. The quantitative estimate of drug-likeness (QED) is 0.792. The van der Waals surface area contributed by atoms with Crippen molar-refractivity contribution in [1.29, 1.82) is 0 Å². The maximum absolute atomic E-state index is 12.6. The molecule has 2 saturated carbocycles. The normalized spacial score (nSPS) is 46.3. The van der Waals surface area contributed by atoms with Gasteiger partial charge in [-0.2, -0.15) is 0 Å². The van der Waals surface area contributed by atoms with Gasteiger partial charge in [-0.15, -0.1) is 12.4 Å². The van der Waals surface area contributed by atoms with Crippen LogP contribution in [-0.4, -0.2) is 29.9 Å². The van der Waals surface area contributed by atoms with E-state index in [-0.39, 0.29) is 24.4 Å². The molecule has 3 nitrogen and oxygen atoms in total. The van der Waals surface area contributed by atoms with Crippen molar-refractivity contribution in [2.75, 3.05) is 13.1 Å². The Kier molecular flexibility index (Phi) is 3.93. The number of carbonyl (C=O) groups is 1. The Balaban J connectivity index is 0.00000120. The molecule has 4 heteroatoms. The van der Waals surface area contributed by atoms with Crippen molar-refractivity contribution in [3.63, 3.8) is 0 Å². The third kappa shape index (κ3) is 2.05. The van der Waals surface area contributed by atoms with Crippen molar-refractivity contribution in [3.8, 4) is 0 Å². The fraction of sp³-hybridized carbons (Fsp3) is 0.929. The van der Waals surface area contributed by atoms with Crippen LogP contribution in [0, 0.1) is 29.6 Å². The summed E-state index contributed by atoms with van der Waals surface area (Å²) in [6.07, 6.45) is 3.69. The molecule has 6 atom stereocenters. The second-order valence-corrected chi connectivity index (χ2v) is 6.63. The smallest absolute Gasteiger partial charge is 0.227 e. The first-order valence-corrected chi connectivity index (χ1v) is 7.12. The monoisotopic (exact) mass is 272 g/mol. The molecule has 1 saturated heterocycles. The van der Waals surface area contributed by atoms with E-state index in [1.807, 2.05) is 0 Å². The molecular formula is C14H25ClN2O. The molecule has 0 spiro atoms. The van der Waals surface area contributed by atoms with Crippen molar-refractivity contribution in [2.24, 2.45) is 35.3 Å². The largest absolute Gasteiger partial charge is 0.342 e. The number of carbonyl (C=O) groups excluding carboxylic acids is 1. The highest BCUT2D eigenvalue weighted by Crippen LogP contribution is 2.48. The first-order chi connectivity index (χ1) is 8.08. The summed E-state index contributed by atoms with van der Waals surface area (Å²) in [5.41, 5.74) is 6.25. The minimum Gasteiger partial charge on any atom is -0.342 e. The maximum Gasteiger partial charge on any atom is 0.227 e. The summed E-state index contributed by atoms with van der Waals surface area (Å²) < 4.78 is 0. The van der Waals surface area contributed by atoms with Gasteiger partial charge in [-0.3, -0.25) is 4.79 Å². The molecule has 3 aliphatic rings. The standard InChI is InChI=1S/C14H24N2O.ClH/c1-8-6-16(7-9(8)2)14(17)12-10-3-4-11(5-10)13(12)15;/h8-13H,3-7,15H2,1-2H3;1H. The summed E-state index contributed by atoms with van der Waals surface area (Å²) in [6, 6.07) is 0.146. The molecule has 6 unspecified atom stereocenters. The van der Waals surface area contributed by atoms with Gasteiger partial charge in [0.05, 0.1) is 5.92 Å². The molecule has 2 N–H and O–H groups in total. The van der Waals surface area contributed by atoms with E-state index in [1.165, 1.54) is 19.3 Å². The van der Waals surface area contributed by atoms with Crippen molar-refractivity contribution in [2.45, 2.75) is 39.2 Å². The van der Waals surface area contributed by atoms with Crippen LogP contribution in [0.4, 0.5) is 0 Å². The zero-order valence-electron chi connectivity index (χ0n) is 11.3. The van der Waals surface area contributed by atoms with Crippen molar-refractivity contribution in [1.82, 2.24) is 4.90 Å². The Morgan fingerprint density at radius 1 is 1.11 bits per heavy atom. The van der Waals surface area contributed by atoms with Crippen LogP contribution in [0.1, 0.15) is 33.1 Å². The Labute approximate surface area is 116 Å². The number of halogens is 1. The van der Waals surface area contributed by atoms with E-state index >= 15 is 0 Å². The molecular weight excluding hydrogens is 248 g/mol. The molecule has 3 fully saturated rings. The number of nitrogens with zero attached hydrogens (tertiary/aromatic N) is 1. The lowest BCUT2D eigenvalue weighted by Gasteiger charge is -2.30. The zero-order chi connectivity index (χ0) is 12.2. The van der Waals surface area contributed by atoms with Crippen LogP contribution in [0.15, 0.2) is 0 Å². The molecule has 18 heavy (non-hydrogen) atoms. The van der Waals surface area contributed by atoms with Gasteiger partial charge in [-0.05, 0) is 42.9 Å². The number of fused-ring (bicyclic) bond motifs is 2. The molecule has 1 amide bonds. The molecule has 2 aliphatic carbocycles. The second-order valence-electron chi connectivity index (χ2n) is 6.63.